The van der Waals surface area contributed by atoms with Gasteiger partial charge in [-0.2, -0.15) is 0 Å². The Hall–Kier alpha value is -4.37. The number of anilines is 1. The molecule has 1 N–H and O–H groups in total. The van der Waals surface area contributed by atoms with E-state index in [0.29, 0.717) is 0 Å². The molecule has 0 saturated carbocycles. The molecule has 0 radical (unpaired) electrons. The molecule has 6 aromatic rings. The molecular formula is C31H25N3. The summed E-state index contributed by atoms with van der Waals surface area (Å²) in [5.41, 5.74) is 8.11. The highest BCUT2D eigenvalue weighted by Crippen LogP contribution is 2.28. The number of fused-ring (bicyclic) bond motifs is 2. The molecule has 34 heavy (non-hydrogen) atoms. The third-order valence-corrected chi connectivity index (χ3v) is 6.38. The summed E-state index contributed by atoms with van der Waals surface area (Å²) in [4.78, 5) is 10.7. The molecule has 0 unspecified atom stereocenters. The summed E-state index contributed by atoms with van der Waals surface area (Å²) in [6.45, 7) is 1.67. The third kappa shape index (κ3) is 4.04. The van der Waals surface area contributed by atoms with E-state index in [1.165, 1.54) is 27.7 Å². The van der Waals surface area contributed by atoms with Gasteiger partial charge in [0.05, 0.1) is 11.2 Å². The van der Waals surface area contributed by atoms with Gasteiger partial charge in [-0.05, 0) is 41.5 Å². The first-order chi connectivity index (χ1) is 16.8. The SMILES string of the molecule is c1ccc(CN(Cc2c[nH]c3ccccc23)c2ccc(-c3ccc4ccccc4n3)cc2)cc1. The molecule has 0 bridgehead atoms. The highest BCUT2D eigenvalue weighted by molar-refractivity contribution is 5.84. The second-order valence-electron chi connectivity index (χ2n) is 8.64. The molecule has 6 rings (SSSR count). The monoisotopic (exact) mass is 439 g/mol. The minimum Gasteiger partial charge on any atom is -0.363 e. The van der Waals surface area contributed by atoms with Gasteiger partial charge in [-0.15, -0.1) is 0 Å². The molecule has 0 amide bonds. The van der Waals surface area contributed by atoms with E-state index in [1.807, 2.05) is 12.1 Å². The molecule has 0 fully saturated rings. The minimum atomic E-state index is 0.826. The van der Waals surface area contributed by atoms with Crippen LogP contribution in [-0.4, -0.2) is 9.97 Å². The lowest BCUT2D eigenvalue weighted by atomic mass is 10.1. The zero-order valence-electron chi connectivity index (χ0n) is 18.9. The molecule has 0 spiro atoms. The first-order valence-corrected chi connectivity index (χ1v) is 11.6. The van der Waals surface area contributed by atoms with Gasteiger partial charge in [-0.3, -0.25) is 0 Å². The number of aromatic nitrogens is 2. The number of nitrogens with zero attached hydrogens (tertiary/aromatic N) is 2. The van der Waals surface area contributed by atoms with Crippen LogP contribution in [-0.2, 0) is 13.1 Å². The summed E-state index contributed by atoms with van der Waals surface area (Å²) in [6.07, 6.45) is 2.13. The van der Waals surface area contributed by atoms with Gasteiger partial charge in [-0.25, -0.2) is 4.98 Å². The Balaban J connectivity index is 1.33. The van der Waals surface area contributed by atoms with Crippen LogP contribution in [0, 0.1) is 0 Å². The van der Waals surface area contributed by atoms with Gasteiger partial charge in [0.15, 0.2) is 0 Å². The Kier molecular flexibility index (Phi) is 5.29. The Morgan fingerprint density at radius 2 is 1.41 bits per heavy atom. The molecule has 2 heterocycles. The number of hydrogen-bond acceptors (Lipinski definition) is 2. The molecule has 0 aliphatic rings. The summed E-state index contributed by atoms with van der Waals surface area (Å²) < 4.78 is 0. The van der Waals surface area contributed by atoms with E-state index in [2.05, 4.69) is 119 Å². The van der Waals surface area contributed by atoms with Gasteiger partial charge < -0.3 is 9.88 Å². The number of aromatic amines is 1. The van der Waals surface area contributed by atoms with Crippen LogP contribution in [0.3, 0.4) is 0 Å². The average Bonchev–Trinajstić information content (AvgIpc) is 3.31. The quantitative estimate of drug-likeness (QED) is 0.290. The second-order valence-corrected chi connectivity index (χ2v) is 8.64. The molecule has 3 nitrogen and oxygen atoms in total. The molecule has 3 heteroatoms. The number of pyridine rings is 1. The number of benzene rings is 4. The van der Waals surface area contributed by atoms with Gasteiger partial charge in [0, 0.05) is 46.8 Å². The minimum absolute atomic E-state index is 0.826. The largest absolute Gasteiger partial charge is 0.363 e. The van der Waals surface area contributed by atoms with Crippen molar-refractivity contribution in [3.05, 3.63) is 133 Å². The summed E-state index contributed by atoms with van der Waals surface area (Å²) in [6, 6.07) is 40.4. The number of nitrogens with one attached hydrogen (secondary N) is 1. The highest BCUT2D eigenvalue weighted by atomic mass is 15.1. The number of H-pyrrole nitrogens is 1. The smallest absolute Gasteiger partial charge is 0.0709 e. The van der Waals surface area contributed by atoms with Crippen LogP contribution in [0.25, 0.3) is 33.1 Å². The van der Waals surface area contributed by atoms with Crippen molar-refractivity contribution >= 4 is 27.5 Å². The summed E-state index contributed by atoms with van der Waals surface area (Å²) in [5, 5.41) is 2.44. The summed E-state index contributed by atoms with van der Waals surface area (Å²) >= 11 is 0. The van der Waals surface area contributed by atoms with Gasteiger partial charge in [-0.1, -0.05) is 84.9 Å². The average molecular weight is 440 g/mol. The lowest BCUT2D eigenvalue weighted by Crippen LogP contribution is -2.21. The van der Waals surface area contributed by atoms with Crippen molar-refractivity contribution in [3.63, 3.8) is 0 Å². The maximum Gasteiger partial charge on any atom is 0.0709 e. The number of hydrogen-bond donors (Lipinski definition) is 1. The molecule has 0 aliphatic heterocycles. The standard InChI is InChI=1S/C31H25N3/c1-2-8-23(9-3-1)21-34(22-26-20-32-31-13-7-5-11-28(26)31)27-17-14-25(15-18-27)30-19-16-24-10-4-6-12-29(24)33-30/h1-20,32H,21-22H2. The van der Waals surface area contributed by atoms with Gasteiger partial charge in [0.25, 0.3) is 0 Å². The van der Waals surface area contributed by atoms with Crippen LogP contribution in [0.4, 0.5) is 5.69 Å². The fourth-order valence-electron chi connectivity index (χ4n) is 4.58. The van der Waals surface area contributed by atoms with E-state index in [0.717, 1.165) is 35.2 Å². The van der Waals surface area contributed by atoms with Crippen LogP contribution in [0.15, 0.2) is 121 Å². The Morgan fingerprint density at radius 1 is 0.647 bits per heavy atom. The molecule has 0 saturated heterocycles. The predicted octanol–water partition coefficient (Wildman–Crippen LogP) is 7.59. The molecular weight excluding hydrogens is 414 g/mol. The fraction of sp³-hybridized carbons (Fsp3) is 0.0645. The molecule has 2 aromatic heterocycles. The Labute approximate surface area is 199 Å². The topological polar surface area (TPSA) is 31.9 Å². The van der Waals surface area contributed by atoms with Gasteiger partial charge in [0.1, 0.15) is 0 Å². The summed E-state index contributed by atoms with van der Waals surface area (Å²) in [5.74, 6) is 0. The van der Waals surface area contributed by atoms with Crippen LogP contribution in [0.5, 0.6) is 0 Å². The van der Waals surface area contributed by atoms with Crippen molar-refractivity contribution in [1.82, 2.24) is 9.97 Å². The van der Waals surface area contributed by atoms with Crippen LogP contribution in [0.2, 0.25) is 0 Å². The predicted molar refractivity (Wildman–Crippen MR) is 142 cm³/mol. The fourth-order valence-corrected chi connectivity index (χ4v) is 4.58. The third-order valence-electron chi connectivity index (χ3n) is 6.38. The Morgan fingerprint density at radius 3 is 2.29 bits per heavy atom. The molecule has 0 aliphatic carbocycles. The van der Waals surface area contributed by atoms with E-state index in [-0.39, 0.29) is 0 Å². The van der Waals surface area contributed by atoms with Crippen LogP contribution < -0.4 is 4.90 Å². The van der Waals surface area contributed by atoms with Crippen molar-refractivity contribution in [3.8, 4) is 11.3 Å². The second kappa shape index (κ2) is 8.87. The zero-order valence-corrected chi connectivity index (χ0v) is 18.9. The van der Waals surface area contributed by atoms with E-state index in [1.54, 1.807) is 0 Å². The normalized spacial score (nSPS) is 11.2. The molecule has 164 valence electrons. The zero-order chi connectivity index (χ0) is 22.7. The molecule has 4 aromatic carbocycles. The van der Waals surface area contributed by atoms with Crippen molar-refractivity contribution < 1.29 is 0 Å². The van der Waals surface area contributed by atoms with E-state index in [4.69, 9.17) is 4.98 Å². The van der Waals surface area contributed by atoms with Crippen molar-refractivity contribution in [2.24, 2.45) is 0 Å². The first kappa shape index (κ1) is 20.3. The van der Waals surface area contributed by atoms with Crippen molar-refractivity contribution in [1.29, 1.82) is 0 Å². The van der Waals surface area contributed by atoms with Crippen molar-refractivity contribution in [2.75, 3.05) is 4.90 Å². The van der Waals surface area contributed by atoms with Gasteiger partial charge >= 0.3 is 0 Å². The first-order valence-electron chi connectivity index (χ1n) is 11.6. The lowest BCUT2D eigenvalue weighted by molar-refractivity contribution is 0.804. The van der Waals surface area contributed by atoms with E-state index in [9.17, 15) is 0 Å². The maximum absolute atomic E-state index is 4.86. The Bertz CT molecular complexity index is 1550. The number of para-hydroxylation sites is 2. The maximum atomic E-state index is 4.86. The van der Waals surface area contributed by atoms with Gasteiger partial charge in [0.2, 0.25) is 0 Å². The molecule has 0 atom stereocenters. The van der Waals surface area contributed by atoms with E-state index < -0.39 is 0 Å². The summed E-state index contributed by atoms with van der Waals surface area (Å²) in [7, 11) is 0. The highest BCUT2D eigenvalue weighted by Gasteiger charge is 2.12. The lowest BCUT2D eigenvalue weighted by Gasteiger charge is -2.25. The van der Waals surface area contributed by atoms with Crippen molar-refractivity contribution in [2.45, 2.75) is 13.1 Å². The number of rotatable bonds is 6. The van der Waals surface area contributed by atoms with Crippen LogP contribution in [0.1, 0.15) is 11.1 Å². The van der Waals surface area contributed by atoms with Crippen LogP contribution >= 0.6 is 0 Å². The van der Waals surface area contributed by atoms with E-state index >= 15 is 0 Å².